The van der Waals surface area contributed by atoms with Crippen molar-refractivity contribution in [3.05, 3.63) is 18.0 Å². The monoisotopic (exact) mass is 254 g/mol. The quantitative estimate of drug-likeness (QED) is 0.642. The van der Waals surface area contributed by atoms with Gasteiger partial charge in [-0.2, -0.15) is 5.10 Å². The van der Waals surface area contributed by atoms with Crippen LogP contribution in [0.3, 0.4) is 0 Å². The van der Waals surface area contributed by atoms with Crippen molar-refractivity contribution < 1.29 is 14.7 Å². The number of carboxylic acid groups (broad SMARTS) is 1. The second-order valence-electron chi connectivity index (χ2n) is 4.11. The molecule has 1 heterocycles. The lowest BCUT2D eigenvalue weighted by atomic mass is 10.1. The number of nitrogens with zero attached hydrogens (tertiary/aromatic N) is 2. The standard InChI is InChI=1S/C11H18N4O3/c1-3-7(11(17)18)4-13-10(16)9(12)8-5-14-15(2)6-8/h5-7,9H,3-4,12H2,1-2H3,(H,13,16)(H,17,18). The molecule has 1 aromatic rings. The molecule has 7 nitrogen and oxygen atoms in total. The normalized spacial score (nSPS) is 13.9. The second kappa shape index (κ2) is 6.15. The molecular weight excluding hydrogens is 236 g/mol. The van der Waals surface area contributed by atoms with Crippen molar-refractivity contribution in [2.75, 3.05) is 6.54 Å². The summed E-state index contributed by atoms with van der Waals surface area (Å²) in [5.41, 5.74) is 6.34. The smallest absolute Gasteiger partial charge is 0.308 e. The van der Waals surface area contributed by atoms with Crippen LogP contribution in [0.5, 0.6) is 0 Å². The molecule has 1 rings (SSSR count). The van der Waals surface area contributed by atoms with Gasteiger partial charge in [0.15, 0.2) is 0 Å². The maximum atomic E-state index is 11.7. The fourth-order valence-corrected chi connectivity index (χ4v) is 1.49. The van der Waals surface area contributed by atoms with Crippen molar-refractivity contribution in [3.63, 3.8) is 0 Å². The summed E-state index contributed by atoms with van der Waals surface area (Å²) in [4.78, 5) is 22.5. The predicted octanol–water partition coefficient (Wildman–Crippen LogP) is -0.353. The molecule has 2 atom stereocenters. The first-order chi connectivity index (χ1) is 8.45. The van der Waals surface area contributed by atoms with Gasteiger partial charge in [-0.3, -0.25) is 14.3 Å². The Hall–Kier alpha value is -1.89. The minimum Gasteiger partial charge on any atom is -0.481 e. The molecule has 0 bridgehead atoms. The van der Waals surface area contributed by atoms with E-state index in [-0.39, 0.29) is 6.54 Å². The number of aryl methyl sites for hydroxylation is 1. The summed E-state index contributed by atoms with van der Waals surface area (Å²) < 4.78 is 1.55. The molecule has 1 amide bonds. The van der Waals surface area contributed by atoms with Crippen molar-refractivity contribution in [3.8, 4) is 0 Å². The Morgan fingerprint density at radius 1 is 1.61 bits per heavy atom. The Labute approximate surface area is 105 Å². The highest BCUT2D eigenvalue weighted by Gasteiger charge is 2.20. The van der Waals surface area contributed by atoms with Crippen LogP contribution in [0.15, 0.2) is 12.4 Å². The van der Waals surface area contributed by atoms with Crippen LogP contribution in [0.2, 0.25) is 0 Å². The molecular formula is C11H18N4O3. The Morgan fingerprint density at radius 3 is 2.72 bits per heavy atom. The molecule has 0 fully saturated rings. The van der Waals surface area contributed by atoms with E-state index >= 15 is 0 Å². The van der Waals surface area contributed by atoms with E-state index in [0.717, 1.165) is 0 Å². The largest absolute Gasteiger partial charge is 0.481 e. The van der Waals surface area contributed by atoms with Crippen LogP contribution in [0.4, 0.5) is 0 Å². The Kier molecular flexibility index (Phi) is 4.85. The van der Waals surface area contributed by atoms with Crippen LogP contribution in [-0.2, 0) is 16.6 Å². The fourth-order valence-electron chi connectivity index (χ4n) is 1.49. The molecule has 0 aliphatic carbocycles. The third-order valence-electron chi connectivity index (χ3n) is 2.73. The van der Waals surface area contributed by atoms with Crippen LogP contribution in [-0.4, -0.2) is 33.3 Å². The fraction of sp³-hybridized carbons (Fsp3) is 0.545. The number of carbonyl (C=O) groups excluding carboxylic acids is 1. The summed E-state index contributed by atoms with van der Waals surface area (Å²) in [5.74, 6) is -1.91. The average Bonchev–Trinajstić information content (AvgIpc) is 2.75. The summed E-state index contributed by atoms with van der Waals surface area (Å²) in [6.45, 7) is 1.84. The number of aromatic nitrogens is 2. The van der Waals surface area contributed by atoms with Gasteiger partial charge in [-0.25, -0.2) is 0 Å². The third kappa shape index (κ3) is 3.56. The Morgan fingerprint density at radius 2 is 2.28 bits per heavy atom. The lowest BCUT2D eigenvalue weighted by molar-refractivity contribution is -0.141. The Bertz CT molecular complexity index is 430. The molecule has 0 spiro atoms. The van der Waals surface area contributed by atoms with E-state index in [1.165, 1.54) is 6.20 Å². The summed E-state index contributed by atoms with van der Waals surface area (Å²) in [5, 5.41) is 15.3. The van der Waals surface area contributed by atoms with E-state index < -0.39 is 23.8 Å². The van der Waals surface area contributed by atoms with Crippen LogP contribution >= 0.6 is 0 Å². The number of nitrogens with one attached hydrogen (secondary N) is 1. The molecule has 100 valence electrons. The zero-order valence-electron chi connectivity index (χ0n) is 10.5. The topological polar surface area (TPSA) is 110 Å². The van der Waals surface area contributed by atoms with E-state index in [0.29, 0.717) is 12.0 Å². The van der Waals surface area contributed by atoms with Crippen LogP contribution in [0, 0.1) is 5.92 Å². The molecule has 0 radical (unpaired) electrons. The molecule has 4 N–H and O–H groups in total. The zero-order chi connectivity index (χ0) is 13.7. The number of hydrogen-bond acceptors (Lipinski definition) is 4. The first-order valence-electron chi connectivity index (χ1n) is 5.70. The van der Waals surface area contributed by atoms with Crippen LogP contribution in [0.25, 0.3) is 0 Å². The molecule has 0 saturated heterocycles. The van der Waals surface area contributed by atoms with Gasteiger partial charge in [-0.05, 0) is 6.42 Å². The SMILES string of the molecule is CCC(CNC(=O)C(N)c1cnn(C)c1)C(=O)O. The highest BCUT2D eigenvalue weighted by atomic mass is 16.4. The highest BCUT2D eigenvalue weighted by Crippen LogP contribution is 2.09. The number of rotatable bonds is 6. The predicted molar refractivity (Wildman–Crippen MR) is 64.6 cm³/mol. The molecule has 0 aliphatic heterocycles. The van der Waals surface area contributed by atoms with Crippen molar-refractivity contribution in [1.29, 1.82) is 0 Å². The van der Waals surface area contributed by atoms with Gasteiger partial charge >= 0.3 is 5.97 Å². The zero-order valence-corrected chi connectivity index (χ0v) is 10.5. The van der Waals surface area contributed by atoms with Crippen molar-refractivity contribution >= 4 is 11.9 Å². The van der Waals surface area contributed by atoms with Gasteiger partial charge in [-0.15, -0.1) is 0 Å². The maximum Gasteiger partial charge on any atom is 0.308 e. The van der Waals surface area contributed by atoms with E-state index in [2.05, 4.69) is 10.4 Å². The highest BCUT2D eigenvalue weighted by molar-refractivity contribution is 5.83. The molecule has 0 aromatic carbocycles. The molecule has 18 heavy (non-hydrogen) atoms. The van der Waals surface area contributed by atoms with Gasteiger partial charge in [-0.1, -0.05) is 6.92 Å². The first kappa shape index (κ1) is 14.2. The van der Waals surface area contributed by atoms with Gasteiger partial charge in [0.1, 0.15) is 6.04 Å². The summed E-state index contributed by atoms with van der Waals surface area (Å²) in [6.07, 6.45) is 3.62. The Balaban J connectivity index is 2.53. The number of amides is 1. The van der Waals surface area contributed by atoms with Crippen molar-refractivity contribution in [2.45, 2.75) is 19.4 Å². The van der Waals surface area contributed by atoms with E-state index in [1.807, 2.05) is 0 Å². The summed E-state index contributed by atoms with van der Waals surface area (Å²) >= 11 is 0. The van der Waals surface area contributed by atoms with Gasteiger partial charge in [0.25, 0.3) is 0 Å². The van der Waals surface area contributed by atoms with Gasteiger partial charge < -0.3 is 16.2 Å². The molecule has 2 unspecified atom stereocenters. The minimum absolute atomic E-state index is 0.0820. The second-order valence-corrected chi connectivity index (χ2v) is 4.11. The number of carbonyl (C=O) groups is 2. The minimum atomic E-state index is -0.923. The molecule has 0 aliphatic rings. The average molecular weight is 254 g/mol. The number of nitrogens with two attached hydrogens (primary N) is 1. The lowest BCUT2D eigenvalue weighted by Gasteiger charge is -2.14. The molecule has 7 heteroatoms. The summed E-state index contributed by atoms with van der Waals surface area (Å²) in [6, 6.07) is -0.829. The number of hydrogen-bond donors (Lipinski definition) is 3. The van der Waals surface area contributed by atoms with E-state index in [1.54, 1.807) is 24.9 Å². The molecule has 1 aromatic heterocycles. The third-order valence-corrected chi connectivity index (χ3v) is 2.73. The van der Waals surface area contributed by atoms with E-state index in [4.69, 9.17) is 10.8 Å². The van der Waals surface area contributed by atoms with Gasteiger partial charge in [0.2, 0.25) is 5.91 Å². The van der Waals surface area contributed by atoms with Gasteiger partial charge in [0.05, 0.1) is 12.1 Å². The van der Waals surface area contributed by atoms with Crippen LogP contribution < -0.4 is 11.1 Å². The van der Waals surface area contributed by atoms with Crippen LogP contribution in [0.1, 0.15) is 24.9 Å². The maximum absolute atomic E-state index is 11.7. The number of carboxylic acids is 1. The first-order valence-corrected chi connectivity index (χ1v) is 5.70. The lowest BCUT2D eigenvalue weighted by Crippen LogP contribution is -2.38. The molecule has 0 saturated carbocycles. The van der Waals surface area contributed by atoms with Crippen molar-refractivity contribution in [2.24, 2.45) is 18.7 Å². The number of aliphatic carboxylic acids is 1. The van der Waals surface area contributed by atoms with E-state index in [9.17, 15) is 9.59 Å². The van der Waals surface area contributed by atoms with Crippen molar-refractivity contribution in [1.82, 2.24) is 15.1 Å². The van der Waals surface area contributed by atoms with Gasteiger partial charge in [0, 0.05) is 25.4 Å². The summed E-state index contributed by atoms with van der Waals surface area (Å²) in [7, 11) is 1.73.